The van der Waals surface area contributed by atoms with Crippen LogP contribution in [-0.2, 0) is 9.59 Å². The molecule has 0 fully saturated rings. The number of anilines is 1. The molecule has 3 aromatic rings. The van der Waals surface area contributed by atoms with Crippen molar-refractivity contribution < 1.29 is 19.1 Å². The Bertz CT molecular complexity index is 1270. The maximum atomic E-state index is 12.4. The first-order valence-corrected chi connectivity index (χ1v) is 11.3. The normalized spacial score (nSPS) is 10.9. The van der Waals surface area contributed by atoms with E-state index in [0.717, 1.165) is 5.56 Å². The van der Waals surface area contributed by atoms with Crippen molar-refractivity contribution >= 4 is 59.0 Å². The van der Waals surface area contributed by atoms with Gasteiger partial charge >= 0.3 is 5.97 Å². The lowest BCUT2D eigenvalue weighted by molar-refractivity contribution is -0.128. The van der Waals surface area contributed by atoms with E-state index in [9.17, 15) is 14.4 Å². The number of nitrogens with one attached hydrogen (secondary N) is 2. The summed E-state index contributed by atoms with van der Waals surface area (Å²) < 4.78 is 5.39. The number of rotatable bonds is 8. The van der Waals surface area contributed by atoms with Crippen molar-refractivity contribution in [1.29, 1.82) is 0 Å². The van der Waals surface area contributed by atoms with Gasteiger partial charge in [-0.1, -0.05) is 42.3 Å². The smallest absolute Gasteiger partial charge is 0.336 e. The number of ether oxygens (including phenoxy) is 1. The molecule has 0 radical (unpaired) electrons. The molecule has 0 aliphatic carbocycles. The third-order valence-corrected chi connectivity index (χ3v) is 5.07. The molecule has 0 heterocycles. The monoisotopic (exact) mass is 509 g/mol. The Hall–Kier alpha value is -3.94. The van der Waals surface area contributed by atoms with Gasteiger partial charge in [-0.2, -0.15) is 5.10 Å². The third-order valence-electron chi connectivity index (χ3n) is 4.59. The number of hydrogen-bond donors (Lipinski definition) is 2. The minimum atomic E-state index is -0.601. The number of carbonyl (C=O) groups is 3. The van der Waals surface area contributed by atoms with Gasteiger partial charge in [-0.3, -0.25) is 9.59 Å². The van der Waals surface area contributed by atoms with Gasteiger partial charge in [-0.15, -0.1) is 0 Å². The zero-order valence-corrected chi connectivity index (χ0v) is 20.1. The van der Waals surface area contributed by atoms with Gasteiger partial charge in [0, 0.05) is 39.4 Å². The fourth-order valence-electron chi connectivity index (χ4n) is 2.77. The Morgan fingerprint density at radius 2 is 1.63 bits per heavy atom. The van der Waals surface area contributed by atoms with Crippen LogP contribution in [0.2, 0.25) is 10.0 Å². The van der Waals surface area contributed by atoms with Crippen LogP contribution in [0, 0.1) is 0 Å². The number of benzene rings is 3. The van der Waals surface area contributed by atoms with Crippen LogP contribution < -0.4 is 15.5 Å². The van der Waals surface area contributed by atoms with Crippen molar-refractivity contribution in [3.63, 3.8) is 0 Å². The summed E-state index contributed by atoms with van der Waals surface area (Å²) >= 11 is 11.9. The van der Waals surface area contributed by atoms with Crippen LogP contribution in [0.25, 0.3) is 6.08 Å². The molecular weight excluding hydrogens is 489 g/mol. The van der Waals surface area contributed by atoms with Gasteiger partial charge in [0.25, 0.3) is 5.91 Å². The van der Waals surface area contributed by atoms with Crippen molar-refractivity contribution in [3.8, 4) is 5.75 Å². The fraction of sp³-hybridized carbons (Fsp3) is 0.0769. The van der Waals surface area contributed by atoms with Crippen molar-refractivity contribution in [2.75, 3.05) is 5.32 Å². The van der Waals surface area contributed by atoms with Crippen LogP contribution in [0.4, 0.5) is 5.69 Å². The maximum Gasteiger partial charge on any atom is 0.336 e. The Labute approximate surface area is 212 Å². The zero-order chi connectivity index (χ0) is 25.2. The van der Waals surface area contributed by atoms with E-state index in [1.54, 1.807) is 73.7 Å². The standard InChI is InChI=1S/C26H21Cl2N3O4/c1-2-24(32)30-22-11-6-18(7-12-22)26(34)31-29-16-19-15-21(28)10-13-23(19)35-25(33)14-5-17-3-8-20(27)9-4-17/h3-16H,2H2,1H3,(H,30,32)(H,31,34)/b14-5+,29-16+. The molecule has 0 aliphatic rings. The number of nitrogens with zero attached hydrogens (tertiary/aromatic N) is 1. The van der Waals surface area contributed by atoms with Crippen LogP contribution in [0.1, 0.15) is 34.8 Å². The zero-order valence-electron chi connectivity index (χ0n) is 18.6. The molecule has 0 atom stereocenters. The lowest BCUT2D eigenvalue weighted by Gasteiger charge is -2.07. The van der Waals surface area contributed by atoms with E-state index in [4.69, 9.17) is 27.9 Å². The number of carbonyl (C=O) groups excluding carboxylic acids is 3. The van der Waals surface area contributed by atoms with Gasteiger partial charge in [-0.25, -0.2) is 10.2 Å². The second kappa shape index (κ2) is 12.5. The Morgan fingerprint density at radius 1 is 0.943 bits per heavy atom. The van der Waals surface area contributed by atoms with E-state index in [1.165, 1.54) is 18.4 Å². The molecule has 9 heteroatoms. The molecule has 0 spiro atoms. The van der Waals surface area contributed by atoms with Gasteiger partial charge in [0.2, 0.25) is 5.91 Å². The summed E-state index contributed by atoms with van der Waals surface area (Å²) in [5.41, 5.74) is 4.52. The molecule has 3 rings (SSSR count). The first kappa shape index (κ1) is 25.7. The fourth-order valence-corrected chi connectivity index (χ4v) is 3.08. The van der Waals surface area contributed by atoms with Crippen LogP contribution in [0.15, 0.2) is 77.9 Å². The van der Waals surface area contributed by atoms with Gasteiger partial charge in [-0.05, 0) is 66.2 Å². The summed E-state index contributed by atoms with van der Waals surface area (Å²) in [4.78, 5) is 36.1. The Kier molecular flexibility index (Phi) is 9.17. The summed E-state index contributed by atoms with van der Waals surface area (Å²) in [7, 11) is 0. The first-order chi connectivity index (χ1) is 16.8. The van der Waals surface area contributed by atoms with E-state index < -0.39 is 11.9 Å². The minimum absolute atomic E-state index is 0.120. The van der Waals surface area contributed by atoms with E-state index in [0.29, 0.717) is 33.3 Å². The molecule has 2 N–H and O–H groups in total. The first-order valence-electron chi connectivity index (χ1n) is 10.5. The summed E-state index contributed by atoms with van der Waals surface area (Å²) in [6.45, 7) is 1.75. The summed E-state index contributed by atoms with van der Waals surface area (Å²) in [5.74, 6) is -0.961. The number of hydrogen-bond acceptors (Lipinski definition) is 5. The van der Waals surface area contributed by atoms with Crippen molar-refractivity contribution in [2.24, 2.45) is 5.10 Å². The van der Waals surface area contributed by atoms with E-state index in [1.807, 2.05) is 0 Å². The third kappa shape index (κ3) is 8.10. The van der Waals surface area contributed by atoms with Crippen LogP contribution in [0.5, 0.6) is 5.75 Å². The van der Waals surface area contributed by atoms with E-state index in [-0.39, 0.29) is 11.7 Å². The van der Waals surface area contributed by atoms with Crippen molar-refractivity contribution in [3.05, 3.63) is 99.5 Å². The molecule has 35 heavy (non-hydrogen) atoms. The minimum Gasteiger partial charge on any atom is -0.423 e. The average molecular weight is 510 g/mol. The molecular formula is C26H21Cl2N3O4. The highest BCUT2D eigenvalue weighted by Crippen LogP contribution is 2.22. The van der Waals surface area contributed by atoms with E-state index in [2.05, 4.69) is 15.8 Å². The lowest BCUT2D eigenvalue weighted by atomic mass is 10.2. The second-order valence-electron chi connectivity index (χ2n) is 7.17. The molecule has 0 unspecified atom stereocenters. The van der Waals surface area contributed by atoms with Crippen LogP contribution in [-0.4, -0.2) is 24.0 Å². The lowest BCUT2D eigenvalue weighted by Crippen LogP contribution is -2.18. The highest BCUT2D eigenvalue weighted by Gasteiger charge is 2.09. The average Bonchev–Trinajstić information content (AvgIpc) is 2.85. The van der Waals surface area contributed by atoms with Gasteiger partial charge in [0.15, 0.2) is 0 Å². The number of esters is 1. The summed E-state index contributed by atoms with van der Waals surface area (Å²) in [6.07, 6.45) is 4.57. The Balaban J connectivity index is 1.63. The molecule has 7 nitrogen and oxygen atoms in total. The molecule has 0 bridgehead atoms. The molecule has 0 saturated heterocycles. The van der Waals surface area contributed by atoms with Gasteiger partial charge < -0.3 is 10.1 Å². The SMILES string of the molecule is CCC(=O)Nc1ccc(C(=O)N/N=C/c2cc(Cl)ccc2OC(=O)/C=C/c2ccc(Cl)cc2)cc1. The highest BCUT2D eigenvalue weighted by atomic mass is 35.5. The molecule has 3 aromatic carbocycles. The molecule has 0 aromatic heterocycles. The maximum absolute atomic E-state index is 12.4. The quantitative estimate of drug-likeness (QED) is 0.133. The van der Waals surface area contributed by atoms with E-state index >= 15 is 0 Å². The van der Waals surface area contributed by atoms with Crippen molar-refractivity contribution in [2.45, 2.75) is 13.3 Å². The van der Waals surface area contributed by atoms with Gasteiger partial charge in [0.1, 0.15) is 5.75 Å². The second-order valence-corrected chi connectivity index (χ2v) is 8.04. The van der Waals surface area contributed by atoms with Gasteiger partial charge in [0.05, 0.1) is 6.21 Å². The highest BCUT2D eigenvalue weighted by molar-refractivity contribution is 6.31. The predicted octanol–water partition coefficient (Wildman–Crippen LogP) is 5.72. The molecule has 2 amide bonds. The van der Waals surface area contributed by atoms with Crippen LogP contribution >= 0.6 is 23.2 Å². The number of amides is 2. The summed E-state index contributed by atoms with van der Waals surface area (Å²) in [5, 5.41) is 7.64. The number of halogens is 2. The molecule has 0 saturated carbocycles. The number of hydrazone groups is 1. The molecule has 0 aliphatic heterocycles. The largest absolute Gasteiger partial charge is 0.423 e. The van der Waals surface area contributed by atoms with Crippen molar-refractivity contribution in [1.82, 2.24) is 5.43 Å². The predicted molar refractivity (Wildman–Crippen MR) is 138 cm³/mol. The molecule has 178 valence electrons. The van der Waals surface area contributed by atoms with Crippen LogP contribution in [0.3, 0.4) is 0 Å². The summed E-state index contributed by atoms with van der Waals surface area (Å²) in [6, 6.07) is 18.0. The Morgan fingerprint density at radius 3 is 2.31 bits per heavy atom. The topological polar surface area (TPSA) is 96.9 Å².